The van der Waals surface area contributed by atoms with Crippen molar-refractivity contribution in [3.8, 4) is 5.75 Å². The number of ether oxygens (including phenoxy) is 1. The average Bonchev–Trinajstić information content (AvgIpc) is 2.43. The van der Waals surface area contributed by atoms with Crippen LogP contribution < -0.4 is 4.74 Å². The van der Waals surface area contributed by atoms with Gasteiger partial charge in [-0.15, -0.1) is 0 Å². The fraction of sp³-hybridized carbons (Fsp3) is 0.467. The SMILES string of the molecule is O=C(O)C1(CCOc2ccc(Br)cc2)CCCCC1=O. The van der Waals surface area contributed by atoms with Gasteiger partial charge in [0.2, 0.25) is 0 Å². The van der Waals surface area contributed by atoms with E-state index in [9.17, 15) is 14.7 Å². The van der Waals surface area contributed by atoms with Crippen molar-refractivity contribution in [2.24, 2.45) is 5.41 Å². The number of Topliss-reactive ketones (excluding diaryl/α,β-unsaturated/α-hetero) is 1. The Hall–Kier alpha value is -1.36. The second kappa shape index (κ2) is 6.39. The third-order valence-electron chi connectivity index (χ3n) is 3.81. The van der Waals surface area contributed by atoms with Gasteiger partial charge >= 0.3 is 5.97 Å². The first-order valence-electron chi connectivity index (χ1n) is 6.70. The molecular weight excluding hydrogens is 324 g/mol. The van der Waals surface area contributed by atoms with Crippen molar-refractivity contribution in [1.82, 2.24) is 0 Å². The molecule has 0 aromatic heterocycles. The summed E-state index contributed by atoms with van der Waals surface area (Å²) < 4.78 is 6.50. The van der Waals surface area contributed by atoms with Gasteiger partial charge < -0.3 is 9.84 Å². The first-order chi connectivity index (χ1) is 9.54. The zero-order valence-electron chi connectivity index (χ0n) is 11.1. The van der Waals surface area contributed by atoms with E-state index in [1.807, 2.05) is 12.1 Å². The number of carbonyl (C=O) groups is 2. The molecule has 1 aliphatic carbocycles. The first-order valence-corrected chi connectivity index (χ1v) is 7.49. The maximum Gasteiger partial charge on any atom is 0.317 e. The monoisotopic (exact) mass is 340 g/mol. The summed E-state index contributed by atoms with van der Waals surface area (Å²) in [4.78, 5) is 23.5. The number of aliphatic carboxylic acids is 1. The number of ketones is 1. The van der Waals surface area contributed by atoms with E-state index in [2.05, 4.69) is 15.9 Å². The summed E-state index contributed by atoms with van der Waals surface area (Å²) in [6.07, 6.45) is 2.60. The Morgan fingerprint density at radius 1 is 1.30 bits per heavy atom. The van der Waals surface area contributed by atoms with E-state index < -0.39 is 11.4 Å². The van der Waals surface area contributed by atoms with Crippen LogP contribution in [0.3, 0.4) is 0 Å². The van der Waals surface area contributed by atoms with Crippen molar-refractivity contribution >= 4 is 27.7 Å². The molecule has 108 valence electrons. The highest BCUT2D eigenvalue weighted by molar-refractivity contribution is 9.10. The molecular formula is C15H17BrO4. The number of rotatable bonds is 5. The third-order valence-corrected chi connectivity index (χ3v) is 4.34. The number of carbonyl (C=O) groups excluding carboxylic acids is 1. The molecule has 0 saturated heterocycles. The zero-order valence-corrected chi connectivity index (χ0v) is 12.7. The molecule has 0 bridgehead atoms. The fourth-order valence-electron chi connectivity index (χ4n) is 2.56. The largest absolute Gasteiger partial charge is 0.494 e. The van der Waals surface area contributed by atoms with E-state index in [-0.39, 0.29) is 18.8 Å². The van der Waals surface area contributed by atoms with Crippen LogP contribution in [0, 0.1) is 5.41 Å². The second-order valence-corrected chi connectivity index (χ2v) is 5.99. The van der Waals surface area contributed by atoms with Crippen LogP contribution in [0.25, 0.3) is 0 Å². The van der Waals surface area contributed by atoms with E-state index in [0.29, 0.717) is 18.6 Å². The van der Waals surface area contributed by atoms with Gasteiger partial charge in [0.1, 0.15) is 16.9 Å². The van der Waals surface area contributed by atoms with Crippen LogP contribution in [-0.4, -0.2) is 23.5 Å². The van der Waals surface area contributed by atoms with Gasteiger partial charge in [0, 0.05) is 17.3 Å². The van der Waals surface area contributed by atoms with Crippen LogP contribution in [0.4, 0.5) is 0 Å². The van der Waals surface area contributed by atoms with Crippen LogP contribution in [-0.2, 0) is 9.59 Å². The molecule has 0 radical (unpaired) electrons. The van der Waals surface area contributed by atoms with Gasteiger partial charge in [-0.1, -0.05) is 22.4 Å². The number of hydrogen-bond donors (Lipinski definition) is 1. The molecule has 1 aliphatic rings. The van der Waals surface area contributed by atoms with Gasteiger partial charge in [-0.3, -0.25) is 9.59 Å². The Kier molecular flexibility index (Phi) is 4.81. The third kappa shape index (κ3) is 3.20. The van der Waals surface area contributed by atoms with E-state index in [1.54, 1.807) is 12.1 Å². The highest BCUT2D eigenvalue weighted by atomic mass is 79.9. The molecule has 4 nitrogen and oxygen atoms in total. The molecule has 1 unspecified atom stereocenters. The molecule has 1 aromatic rings. The van der Waals surface area contributed by atoms with Gasteiger partial charge in [-0.25, -0.2) is 0 Å². The molecule has 1 aromatic carbocycles. The zero-order chi connectivity index (χ0) is 14.6. The van der Waals surface area contributed by atoms with E-state index >= 15 is 0 Å². The average molecular weight is 341 g/mol. The smallest absolute Gasteiger partial charge is 0.317 e. The molecule has 1 N–H and O–H groups in total. The van der Waals surface area contributed by atoms with Crippen molar-refractivity contribution < 1.29 is 19.4 Å². The van der Waals surface area contributed by atoms with E-state index in [4.69, 9.17) is 4.74 Å². The highest BCUT2D eigenvalue weighted by Crippen LogP contribution is 2.37. The predicted molar refractivity (Wildman–Crippen MR) is 77.8 cm³/mol. The molecule has 1 atom stereocenters. The standard InChI is InChI=1S/C15H17BrO4/c16-11-4-6-12(7-5-11)20-10-9-15(14(18)19)8-2-1-3-13(15)17/h4-7H,1-3,8-10H2,(H,18,19). The number of hydrogen-bond acceptors (Lipinski definition) is 3. The van der Waals surface area contributed by atoms with Gasteiger partial charge in [0.05, 0.1) is 6.61 Å². The van der Waals surface area contributed by atoms with Gasteiger partial charge in [-0.2, -0.15) is 0 Å². The lowest BCUT2D eigenvalue weighted by Gasteiger charge is -2.31. The van der Waals surface area contributed by atoms with Gasteiger partial charge in [0.15, 0.2) is 0 Å². The Bertz CT molecular complexity index is 497. The van der Waals surface area contributed by atoms with Crippen LogP contribution >= 0.6 is 15.9 Å². The lowest BCUT2D eigenvalue weighted by Crippen LogP contribution is -2.42. The predicted octanol–water partition coefficient (Wildman–Crippen LogP) is 3.43. The summed E-state index contributed by atoms with van der Waals surface area (Å²) >= 11 is 3.33. The van der Waals surface area contributed by atoms with E-state index in [1.165, 1.54) is 0 Å². The highest BCUT2D eigenvalue weighted by Gasteiger charge is 2.46. The quantitative estimate of drug-likeness (QED) is 0.834. The first kappa shape index (κ1) is 15.0. The minimum Gasteiger partial charge on any atom is -0.494 e. The Balaban J connectivity index is 1.97. The van der Waals surface area contributed by atoms with Crippen LogP contribution in [0.15, 0.2) is 28.7 Å². The summed E-state index contributed by atoms with van der Waals surface area (Å²) in [6.45, 7) is 0.236. The van der Waals surface area contributed by atoms with Crippen LogP contribution in [0.5, 0.6) is 5.75 Å². The van der Waals surface area contributed by atoms with Gasteiger partial charge in [0.25, 0.3) is 0 Å². The summed E-state index contributed by atoms with van der Waals surface area (Å²) in [7, 11) is 0. The summed E-state index contributed by atoms with van der Waals surface area (Å²) in [5, 5.41) is 9.41. The second-order valence-electron chi connectivity index (χ2n) is 5.07. The molecule has 20 heavy (non-hydrogen) atoms. The fourth-order valence-corrected chi connectivity index (χ4v) is 2.83. The molecule has 0 amide bonds. The molecule has 1 saturated carbocycles. The van der Waals surface area contributed by atoms with Crippen molar-refractivity contribution in [2.45, 2.75) is 32.1 Å². The number of benzene rings is 1. The van der Waals surface area contributed by atoms with Gasteiger partial charge in [-0.05, 0) is 37.1 Å². The van der Waals surface area contributed by atoms with Crippen LogP contribution in [0.1, 0.15) is 32.1 Å². The number of carboxylic acid groups (broad SMARTS) is 1. The molecule has 0 spiro atoms. The Morgan fingerprint density at radius 3 is 2.60 bits per heavy atom. The van der Waals surface area contributed by atoms with E-state index in [0.717, 1.165) is 17.3 Å². The molecule has 2 rings (SSSR count). The van der Waals surface area contributed by atoms with Crippen molar-refractivity contribution in [1.29, 1.82) is 0 Å². The van der Waals surface area contributed by atoms with Crippen molar-refractivity contribution in [3.05, 3.63) is 28.7 Å². The van der Waals surface area contributed by atoms with Crippen LogP contribution in [0.2, 0.25) is 0 Å². The maximum absolute atomic E-state index is 12.0. The van der Waals surface area contributed by atoms with Crippen molar-refractivity contribution in [3.63, 3.8) is 0 Å². The number of carboxylic acids is 1. The summed E-state index contributed by atoms with van der Waals surface area (Å²) in [6, 6.07) is 7.32. The lowest BCUT2D eigenvalue weighted by molar-refractivity contribution is -0.158. The topological polar surface area (TPSA) is 63.6 Å². The summed E-state index contributed by atoms with van der Waals surface area (Å²) in [5.74, 6) is -0.491. The van der Waals surface area contributed by atoms with Crippen molar-refractivity contribution in [2.75, 3.05) is 6.61 Å². The molecule has 0 aliphatic heterocycles. The normalized spacial score (nSPS) is 22.6. The number of halogens is 1. The maximum atomic E-state index is 12.0. The summed E-state index contributed by atoms with van der Waals surface area (Å²) in [5.41, 5.74) is -1.24. The molecule has 1 fully saturated rings. The Labute approximate surface area is 126 Å². The minimum atomic E-state index is -1.24. The molecule has 5 heteroatoms. The molecule has 0 heterocycles. The lowest BCUT2D eigenvalue weighted by atomic mass is 9.71. The minimum absolute atomic E-state index is 0.157. The Morgan fingerprint density at radius 2 is 2.00 bits per heavy atom.